The average Bonchev–Trinajstić information content (AvgIpc) is 3.19. The number of aromatic nitrogens is 4. The van der Waals surface area contributed by atoms with Gasteiger partial charge in [-0.2, -0.15) is 18.2 Å². The highest BCUT2D eigenvalue weighted by molar-refractivity contribution is 5.89. The van der Waals surface area contributed by atoms with E-state index in [2.05, 4.69) is 24.8 Å². The maximum atomic E-state index is 12.1. The topological polar surface area (TPSA) is 100 Å². The standard InChI is InChI=1S/C18H15F3N4O4/c19-18(20,21)11-28-14-6-5-13(10-23-14)17(26)27-8-2-4-15-24-16(25-29-15)12-3-1-7-22-9-12/h1,3,5-7,9-10H,2,4,8,11H2. The number of carbonyl (C=O) groups is 1. The maximum Gasteiger partial charge on any atom is 0.422 e. The van der Waals surface area contributed by atoms with Crippen LogP contribution in [-0.2, 0) is 11.2 Å². The van der Waals surface area contributed by atoms with E-state index in [0.29, 0.717) is 24.6 Å². The van der Waals surface area contributed by atoms with Crippen molar-refractivity contribution in [2.75, 3.05) is 13.2 Å². The number of pyridine rings is 2. The fourth-order valence-corrected chi connectivity index (χ4v) is 2.18. The summed E-state index contributed by atoms with van der Waals surface area (Å²) >= 11 is 0. The summed E-state index contributed by atoms with van der Waals surface area (Å²) in [7, 11) is 0. The SMILES string of the molecule is O=C(OCCCc1nc(-c2cccnc2)no1)c1ccc(OCC(F)(F)F)nc1. The van der Waals surface area contributed by atoms with Crippen molar-refractivity contribution in [3.8, 4) is 17.3 Å². The molecule has 3 aromatic rings. The van der Waals surface area contributed by atoms with Gasteiger partial charge in [-0.25, -0.2) is 9.78 Å². The van der Waals surface area contributed by atoms with E-state index in [0.717, 1.165) is 11.8 Å². The Morgan fingerprint density at radius 2 is 2.03 bits per heavy atom. The van der Waals surface area contributed by atoms with Crippen molar-refractivity contribution in [1.82, 2.24) is 20.1 Å². The molecule has 0 unspecified atom stereocenters. The number of rotatable bonds is 8. The second-order valence-corrected chi connectivity index (χ2v) is 5.78. The Morgan fingerprint density at radius 1 is 1.17 bits per heavy atom. The molecule has 0 amide bonds. The lowest BCUT2D eigenvalue weighted by Gasteiger charge is -2.08. The monoisotopic (exact) mass is 408 g/mol. The zero-order chi connectivity index (χ0) is 20.7. The first-order chi connectivity index (χ1) is 13.9. The van der Waals surface area contributed by atoms with Gasteiger partial charge >= 0.3 is 12.1 Å². The fourth-order valence-electron chi connectivity index (χ4n) is 2.18. The van der Waals surface area contributed by atoms with Gasteiger partial charge in [0.2, 0.25) is 17.6 Å². The molecule has 0 bridgehead atoms. The Bertz CT molecular complexity index is 930. The lowest BCUT2D eigenvalue weighted by atomic mass is 10.2. The van der Waals surface area contributed by atoms with E-state index in [1.807, 2.05) is 0 Å². The molecule has 3 rings (SSSR count). The molecule has 0 aliphatic carbocycles. The highest BCUT2D eigenvalue weighted by Crippen LogP contribution is 2.17. The summed E-state index contributed by atoms with van der Waals surface area (Å²) in [5.74, 6) is -0.0714. The Hall–Kier alpha value is -3.50. The van der Waals surface area contributed by atoms with Gasteiger partial charge in [0.25, 0.3) is 0 Å². The summed E-state index contributed by atoms with van der Waals surface area (Å²) < 4.78 is 51.0. The van der Waals surface area contributed by atoms with Crippen molar-refractivity contribution >= 4 is 5.97 Å². The van der Waals surface area contributed by atoms with E-state index < -0.39 is 18.8 Å². The van der Waals surface area contributed by atoms with Crippen LogP contribution in [0.5, 0.6) is 5.88 Å². The third kappa shape index (κ3) is 6.26. The van der Waals surface area contributed by atoms with E-state index in [1.165, 1.54) is 12.1 Å². The van der Waals surface area contributed by atoms with Crippen molar-refractivity contribution < 1.29 is 32.0 Å². The van der Waals surface area contributed by atoms with Crippen LogP contribution in [0, 0.1) is 0 Å². The van der Waals surface area contributed by atoms with Crippen LogP contribution in [-0.4, -0.2) is 45.5 Å². The highest BCUT2D eigenvalue weighted by atomic mass is 19.4. The van der Waals surface area contributed by atoms with Crippen molar-refractivity contribution in [3.05, 3.63) is 54.3 Å². The zero-order valence-electron chi connectivity index (χ0n) is 14.9. The summed E-state index contributed by atoms with van der Waals surface area (Å²) in [4.78, 5) is 23.8. The molecule has 3 heterocycles. The maximum absolute atomic E-state index is 12.1. The number of carbonyl (C=O) groups excluding carboxylic acids is 1. The summed E-state index contributed by atoms with van der Waals surface area (Å²) in [5, 5.41) is 3.86. The van der Waals surface area contributed by atoms with Gasteiger partial charge in [-0.05, 0) is 24.6 Å². The Morgan fingerprint density at radius 3 is 2.72 bits per heavy atom. The van der Waals surface area contributed by atoms with Crippen LogP contribution < -0.4 is 4.74 Å². The minimum Gasteiger partial charge on any atom is -0.468 e. The van der Waals surface area contributed by atoms with Crippen molar-refractivity contribution in [2.45, 2.75) is 19.0 Å². The van der Waals surface area contributed by atoms with E-state index in [4.69, 9.17) is 9.26 Å². The summed E-state index contributed by atoms with van der Waals surface area (Å²) in [6.07, 6.45) is 0.730. The number of esters is 1. The highest BCUT2D eigenvalue weighted by Gasteiger charge is 2.28. The lowest BCUT2D eigenvalue weighted by Crippen LogP contribution is -2.19. The molecule has 0 saturated heterocycles. The van der Waals surface area contributed by atoms with E-state index in [9.17, 15) is 18.0 Å². The first-order valence-corrected chi connectivity index (χ1v) is 8.46. The molecule has 0 N–H and O–H groups in total. The normalized spacial score (nSPS) is 11.3. The zero-order valence-corrected chi connectivity index (χ0v) is 14.9. The van der Waals surface area contributed by atoms with Gasteiger partial charge in [0.15, 0.2) is 6.61 Å². The molecule has 0 saturated carbocycles. The smallest absolute Gasteiger partial charge is 0.422 e. The third-order valence-corrected chi connectivity index (χ3v) is 3.51. The molecule has 0 spiro atoms. The molecular weight excluding hydrogens is 393 g/mol. The molecule has 0 aromatic carbocycles. The quantitative estimate of drug-likeness (QED) is 0.414. The van der Waals surface area contributed by atoms with Crippen LogP contribution in [0.3, 0.4) is 0 Å². The van der Waals surface area contributed by atoms with Crippen LogP contribution in [0.4, 0.5) is 13.2 Å². The number of nitrogens with zero attached hydrogens (tertiary/aromatic N) is 4. The molecule has 0 aliphatic heterocycles. The Kier molecular flexibility index (Phi) is 6.37. The van der Waals surface area contributed by atoms with Gasteiger partial charge < -0.3 is 14.0 Å². The number of hydrogen-bond acceptors (Lipinski definition) is 8. The minimum absolute atomic E-state index is 0.0930. The number of halogens is 3. The predicted molar refractivity (Wildman–Crippen MR) is 91.9 cm³/mol. The van der Waals surface area contributed by atoms with Gasteiger partial charge in [0.05, 0.1) is 12.2 Å². The number of hydrogen-bond donors (Lipinski definition) is 0. The summed E-state index contributed by atoms with van der Waals surface area (Å²) in [5.41, 5.74) is 0.824. The molecule has 3 aromatic heterocycles. The van der Waals surface area contributed by atoms with Crippen LogP contribution in [0.15, 0.2) is 47.4 Å². The first-order valence-electron chi connectivity index (χ1n) is 8.46. The molecule has 0 fully saturated rings. The van der Waals surface area contributed by atoms with Crippen LogP contribution in [0.25, 0.3) is 11.4 Å². The molecule has 0 aliphatic rings. The van der Waals surface area contributed by atoms with Gasteiger partial charge in [0, 0.05) is 36.6 Å². The molecule has 0 radical (unpaired) electrons. The van der Waals surface area contributed by atoms with Crippen LogP contribution in [0.1, 0.15) is 22.7 Å². The Labute approximate surface area is 162 Å². The predicted octanol–water partition coefficient (Wildman–Crippen LogP) is 3.26. The molecule has 152 valence electrons. The van der Waals surface area contributed by atoms with Gasteiger partial charge in [0.1, 0.15) is 0 Å². The first kappa shape index (κ1) is 20.2. The van der Waals surface area contributed by atoms with Gasteiger partial charge in [-0.3, -0.25) is 4.98 Å². The third-order valence-electron chi connectivity index (χ3n) is 3.51. The molecule has 8 nitrogen and oxygen atoms in total. The van der Waals surface area contributed by atoms with Crippen molar-refractivity contribution in [2.24, 2.45) is 0 Å². The molecular formula is C18H15F3N4O4. The number of aryl methyl sites for hydroxylation is 1. The summed E-state index contributed by atoms with van der Waals surface area (Å²) in [6, 6.07) is 6.01. The number of alkyl halides is 3. The van der Waals surface area contributed by atoms with Crippen LogP contribution in [0.2, 0.25) is 0 Å². The Balaban J connectivity index is 1.41. The fraction of sp³-hybridized carbons (Fsp3) is 0.278. The van der Waals surface area contributed by atoms with E-state index in [1.54, 1.807) is 24.5 Å². The second kappa shape index (κ2) is 9.13. The van der Waals surface area contributed by atoms with Gasteiger partial charge in [-0.1, -0.05) is 5.16 Å². The number of ether oxygens (including phenoxy) is 2. The molecule has 0 atom stereocenters. The average molecular weight is 408 g/mol. The molecule has 11 heteroatoms. The minimum atomic E-state index is -4.46. The summed E-state index contributed by atoms with van der Waals surface area (Å²) in [6.45, 7) is -1.36. The van der Waals surface area contributed by atoms with E-state index in [-0.39, 0.29) is 18.1 Å². The largest absolute Gasteiger partial charge is 0.468 e. The molecule has 29 heavy (non-hydrogen) atoms. The van der Waals surface area contributed by atoms with Crippen molar-refractivity contribution in [1.29, 1.82) is 0 Å². The van der Waals surface area contributed by atoms with Gasteiger partial charge in [-0.15, -0.1) is 0 Å². The second-order valence-electron chi connectivity index (χ2n) is 5.78. The lowest BCUT2D eigenvalue weighted by molar-refractivity contribution is -0.154. The van der Waals surface area contributed by atoms with Crippen LogP contribution >= 0.6 is 0 Å². The van der Waals surface area contributed by atoms with Crippen molar-refractivity contribution in [3.63, 3.8) is 0 Å². The van der Waals surface area contributed by atoms with E-state index >= 15 is 0 Å².